The molecule has 0 aliphatic carbocycles. The number of amides is 5. The third-order valence-electron chi connectivity index (χ3n) is 5.58. The molecule has 2 aliphatic heterocycles. The Morgan fingerprint density at radius 1 is 0.897 bits per heavy atom. The van der Waals surface area contributed by atoms with Gasteiger partial charge in [-0.1, -0.05) is 40.5 Å². The highest BCUT2D eigenvalue weighted by molar-refractivity contribution is 6.04. The van der Waals surface area contributed by atoms with Crippen LogP contribution in [0.25, 0.3) is 0 Å². The molecule has 2 N–H and O–H groups in total. The lowest BCUT2D eigenvalue weighted by Gasteiger charge is -2.29. The fourth-order valence-electron chi connectivity index (χ4n) is 3.73. The van der Waals surface area contributed by atoms with E-state index >= 15 is 0 Å². The van der Waals surface area contributed by atoms with Gasteiger partial charge in [0, 0.05) is 13.1 Å². The maximum absolute atomic E-state index is 11.5. The van der Waals surface area contributed by atoms with Crippen LogP contribution in [-0.4, -0.2) is 71.1 Å². The molecular weight excluding hydrogens is 376 g/mol. The summed E-state index contributed by atoms with van der Waals surface area (Å²) in [5.41, 5.74) is 0. The Morgan fingerprint density at radius 2 is 1.38 bits per heavy atom. The molecule has 0 saturated carbocycles. The van der Waals surface area contributed by atoms with E-state index in [0.717, 1.165) is 12.8 Å². The maximum Gasteiger partial charge on any atom is 0.325 e. The van der Waals surface area contributed by atoms with E-state index in [1.54, 1.807) is 11.8 Å². The average molecular weight is 411 g/mol. The van der Waals surface area contributed by atoms with E-state index in [9.17, 15) is 24.0 Å². The van der Waals surface area contributed by atoms with Crippen molar-refractivity contribution in [2.24, 2.45) is 11.8 Å². The number of nitrogens with zero attached hydrogens (tertiary/aromatic N) is 2. The normalized spacial score (nSPS) is 20.3. The fourth-order valence-corrected chi connectivity index (χ4v) is 3.73. The molecule has 2 fully saturated rings. The number of ketones is 2. The van der Waals surface area contributed by atoms with Gasteiger partial charge in [0.15, 0.2) is 11.6 Å². The molecule has 9 heteroatoms. The Kier molecular flexibility index (Phi) is 9.26. The van der Waals surface area contributed by atoms with E-state index in [4.69, 9.17) is 0 Å². The molecule has 2 saturated heterocycles. The second-order valence-corrected chi connectivity index (χ2v) is 7.79. The van der Waals surface area contributed by atoms with E-state index in [-0.39, 0.29) is 47.9 Å². The monoisotopic (exact) mass is 410 g/mol. The van der Waals surface area contributed by atoms with Gasteiger partial charge in [-0.25, -0.2) is 9.59 Å². The van der Waals surface area contributed by atoms with Crippen molar-refractivity contribution in [1.82, 2.24) is 20.4 Å². The van der Waals surface area contributed by atoms with Crippen LogP contribution in [0.4, 0.5) is 9.59 Å². The molecule has 164 valence electrons. The molecule has 0 bridgehead atoms. The summed E-state index contributed by atoms with van der Waals surface area (Å²) in [6, 6.07) is -1.30. The van der Waals surface area contributed by atoms with Crippen molar-refractivity contribution in [2.45, 2.75) is 66.5 Å². The number of hydrogen-bond acceptors (Lipinski definition) is 5. The van der Waals surface area contributed by atoms with Gasteiger partial charge in [0.25, 0.3) is 0 Å². The number of carbonyl (C=O) groups excluding carboxylic acids is 5. The largest absolute Gasteiger partial charge is 0.336 e. The molecule has 0 radical (unpaired) electrons. The molecule has 5 amide bonds. The van der Waals surface area contributed by atoms with E-state index in [1.165, 1.54) is 11.8 Å². The van der Waals surface area contributed by atoms with Crippen LogP contribution in [-0.2, 0) is 14.4 Å². The number of carbonyl (C=O) groups is 5. The van der Waals surface area contributed by atoms with Crippen molar-refractivity contribution >= 4 is 29.5 Å². The van der Waals surface area contributed by atoms with Gasteiger partial charge in [0.2, 0.25) is 5.91 Å². The lowest BCUT2D eigenvalue weighted by molar-refractivity contribution is -0.124. The predicted molar refractivity (Wildman–Crippen MR) is 108 cm³/mol. The highest BCUT2D eigenvalue weighted by Crippen LogP contribution is 2.18. The molecule has 0 aromatic carbocycles. The molecule has 2 aliphatic rings. The number of imide groups is 1. The molecule has 2 rings (SSSR count). The standard InChI is InChI=1S/C10H16N2O3.C10H18N2O2/c1-4-6(2)9(7(3)13)12-5-8(14)11-10(12)15;1-4-7(2)9(8(3)13)12-6-5-11-10(12)14/h6,9H,4-5H2,1-3H3,(H,11,14,15);7,9H,4-6H2,1-3H3,(H,11,14)/t6?,9-;7?,9-/m00/s1. The van der Waals surface area contributed by atoms with Crippen LogP contribution >= 0.6 is 0 Å². The maximum atomic E-state index is 11.5. The Bertz CT molecular complexity index is 651. The second-order valence-electron chi connectivity index (χ2n) is 7.79. The summed E-state index contributed by atoms with van der Waals surface area (Å²) in [5, 5.41) is 4.90. The number of hydrogen-bond donors (Lipinski definition) is 2. The summed E-state index contributed by atoms with van der Waals surface area (Å²) < 4.78 is 0. The minimum atomic E-state index is -0.485. The quantitative estimate of drug-likeness (QED) is 0.589. The van der Waals surface area contributed by atoms with Crippen molar-refractivity contribution in [2.75, 3.05) is 19.6 Å². The van der Waals surface area contributed by atoms with Crippen LogP contribution in [0.2, 0.25) is 0 Å². The number of urea groups is 2. The molecule has 29 heavy (non-hydrogen) atoms. The Labute approximate surface area is 172 Å². The summed E-state index contributed by atoms with van der Waals surface area (Å²) in [6.07, 6.45) is 1.70. The lowest BCUT2D eigenvalue weighted by atomic mass is 9.95. The van der Waals surface area contributed by atoms with Gasteiger partial charge in [-0.2, -0.15) is 0 Å². The van der Waals surface area contributed by atoms with E-state index in [2.05, 4.69) is 10.6 Å². The minimum absolute atomic E-state index is 0.00653. The second kappa shape index (κ2) is 10.9. The summed E-state index contributed by atoms with van der Waals surface area (Å²) >= 11 is 0. The van der Waals surface area contributed by atoms with Crippen molar-refractivity contribution in [1.29, 1.82) is 0 Å². The third kappa shape index (κ3) is 6.27. The molecule has 0 aromatic heterocycles. The number of nitrogens with one attached hydrogen (secondary N) is 2. The average Bonchev–Trinajstić information content (AvgIpc) is 3.20. The van der Waals surface area contributed by atoms with Crippen LogP contribution in [0.15, 0.2) is 0 Å². The topological polar surface area (TPSA) is 116 Å². The predicted octanol–water partition coefficient (Wildman–Crippen LogP) is 1.56. The SMILES string of the molecule is CCC(C)[C@@H](C(C)=O)N1CC(=O)NC1=O.CCC(C)[C@@H](C(C)=O)N1CCNC1=O. The summed E-state index contributed by atoms with van der Waals surface area (Å²) in [5.74, 6) is -0.0318. The first-order valence-corrected chi connectivity index (χ1v) is 10.2. The Hall–Kier alpha value is -2.45. The summed E-state index contributed by atoms with van der Waals surface area (Å²) in [4.78, 5) is 59.7. The molecule has 0 aromatic rings. The molecule has 0 spiro atoms. The van der Waals surface area contributed by atoms with Crippen LogP contribution in [0.3, 0.4) is 0 Å². The summed E-state index contributed by atoms with van der Waals surface area (Å²) in [6.45, 7) is 12.2. The van der Waals surface area contributed by atoms with Crippen LogP contribution in [0.1, 0.15) is 54.4 Å². The van der Waals surface area contributed by atoms with Crippen molar-refractivity contribution in [3.05, 3.63) is 0 Å². The zero-order valence-electron chi connectivity index (χ0n) is 18.3. The van der Waals surface area contributed by atoms with Gasteiger partial charge >= 0.3 is 12.1 Å². The van der Waals surface area contributed by atoms with Gasteiger partial charge in [0.05, 0.1) is 12.1 Å². The van der Waals surface area contributed by atoms with Crippen LogP contribution in [0, 0.1) is 11.8 Å². The Balaban J connectivity index is 0.000000291. The van der Waals surface area contributed by atoms with Gasteiger partial charge < -0.3 is 15.1 Å². The summed E-state index contributed by atoms with van der Waals surface area (Å²) in [7, 11) is 0. The highest BCUT2D eigenvalue weighted by atomic mass is 16.2. The molecule has 2 unspecified atom stereocenters. The van der Waals surface area contributed by atoms with Crippen molar-refractivity contribution < 1.29 is 24.0 Å². The number of rotatable bonds is 8. The van der Waals surface area contributed by atoms with Gasteiger partial charge in [0.1, 0.15) is 6.54 Å². The highest BCUT2D eigenvalue weighted by Gasteiger charge is 2.37. The third-order valence-corrected chi connectivity index (χ3v) is 5.58. The zero-order valence-corrected chi connectivity index (χ0v) is 18.3. The van der Waals surface area contributed by atoms with E-state index in [0.29, 0.717) is 13.1 Å². The first-order chi connectivity index (χ1) is 13.5. The van der Waals surface area contributed by atoms with E-state index < -0.39 is 12.1 Å². The fraction of sp³-hybridized carbons (Fsp3) is 0.750. The van der Waals surface area contributed by atoms with Gasteiger partial charge in [-0.05, 0) is 25.7 Å². The molecule has 9 nitrogen and oxygen atoms in total. The smallest absolute Gasteiger partial charge is 0.325 e. The van der Waals surface area contributed by atoms with E-state index in [1.807, 2.05) is 27.7 Å². The molecular formula is C20H34N4O5. The Morgan fingerprint density at radius 3 is 1.69 bits per heavy atom. The molecule has 4 atom stereocenters. The van der Waals surface area contributed by atoms with Gasteiger partial charge in [-0.15, -0.1) is 0 Å². The number of Topliss-reactive ketones (excluding diaryl/α,β-unsaturated/α-hetero) is 2. The first kappa shape index (κ1) is 24.6. The zero-order chi connectivity index (χ0) is 22.3. The van der Waals surface area contributed by atoms with Crippen molar-refractivity contribution in [3.63, 3.8) is 0 Å². The van der Waals surface area contributed by atoms with Crippen molar-refractivity contribution in [3.8, 4) is 0 Å². The lowest BCUT2D eigenvalue weighted by Crippen LogP contribution is -2.46. The van der Waals surface area contributed by atoms with Gasteiger partial charge in [-0.3, -0.25) is 19.7 Å². The minimum Gasteiger partial charge on any atom is -0.336 e. The van der Waals surface area contributed by atoms with Crippen LogP contribution in [0.5, 0.6) is 0 Å². The van der Waals surface area contributed by atoms with Crippen LogP contribution < -0.4 is 10.6 Å². The first-order valence-electron chi connectivity index (χ1n) is 10.2. The molecule has 2 heterocycles.